The van der Waals surface area contributed by atoms with E-state index in [-0.39, 0.29) is 11.2 Å². The minimum atomic E-state index is -1.07. The van der Waals surface area contributed by atoms with Crippen LogP contribution in [0.15, 0.2) is 24.5 Å². The summed E-state index contributed by atoms with van der Waals surface area (Å²) in [7, 11) is 1.49. The number of methoxy groups -OCH3 is 1. The summed E-state index contributed by atoms with van der Waals surface area (Å²) >= 11 is 0. The largest absolute Gasteiger partial charge is 0.481 e. The molecule has 1 aliphatic carbocycles. The summed E-state index contributed by atoms with van der Waals surface area (Å²) in [6, 6.07) is 3.12. The van der Waals surface area contributed by atoms with Crippen molar-refractivity contribution in [3.05, 3.63) is 47.2 Å². The van der Waals surface area contributed by atoms with Crippen LogP contribution in [-0.4, -0.2) is 37.8 Å². The molecule has 8 nitrogen and oxygen atoms in total. The third-order valence-electron chi connectivity index (χ3n) is 4.75. The van der Waals surface area contributed by atoms with Crippen molar-refractivity contribution in [2.75, 3.05) is 12.4 Å². The van der Waals surface area contributed by atoms with Gasteiger partial charge in [-0.25, -0.2) is 23.7 Å². The zero-order valence-corrected chi connectivity index (χ0v) is 14.9. The lowest BCUT2D eigenvalue weighted by Gasteiger charge is -2.20. The molecule has 0 amide bonds. The molecule has 0 radical (unpaired) electrons. The van der Waals surface area contributed by atoms with E-state index in [1.54, 1.807) is 12.3 Å². The molecule has 0 aromatic carbocycles. The first-order valence-electron chi connectivity index (χ1n) is 8.57. The SMILES string of the molecule is CCc1nn2ccc(NC3(c4cc(F)cnc4OC)CC3)nc2c1C(=O)O. The highest BCUT2D eigenvalue weighted by Crippen LogP contribution is 2.50. The maximum atomic E-state index is 13.7. The number of nitrogens with zero attached hydrogens (tertiary/aromatic N) is 4. The number of aryl methyl sites for hydroxylation is 1. The van der Waals surface area contributed by atoms with Gasteiger partial charge in [-0.2, -0.15) is 5.10 Å². The Morgan fingerprint density at radius 3 is 2.89 bits per heavy atom. The van der Waals surface area contributed by atoms with Crippen LogP contribution < -0.4 is 10.1 Å². The van der Waals surface area contributed by atoms with Crippen LogP contribution in [0.1, 0.15) is 41.4 Å². The first kappa shape index (κ1) is 17.2. The Balaban J connectivity index is 1.75. The van der Waals surface area contributed by atoms with Crippen molar-refractivity contribution in [2.45, 2.75) is 31.7 Å². The molecule has 3 aromatic heterocycles. The average molecular weight is 371 g/mol. The van der Waals surface area contributed by atoms with Gasteiger partial charge in [-0.05, 0) is 31.4 Å². The molecule has 0 saturated heterocycles. The summed E-state index contributed by atoms with van der Waals surface area (Å²) in [6.07, 6.45) is 4.77. The van der Waals surface area contributed by atoms with Gasteiger partial charge in [0, 0.05) is 11.8 Å². The van der Waals surface area contributed by atoms with E-state index in [4.69, 9.17) is 4.74 Å². The van der Waals surface area contributed by atoms with Crippen LogP contribution in [0.5, 0.6) is 5.88 Å². The minimum Gasteiger partial charge on any atom is -0.481 e. The number of hydrogen-bond donors (Lipinski definition) is 2. The number of nitrogens with one attached hydrogen (secondary N) is 1. The fraction of sp³-hybridized carbons (Fsp3) is 0.333. The molecule has 3 heterocycles. The molecule has 1 aliphatic rings. The van der Waals surface area contributed by atoms with Gasteiger partial charge in [-0.15, -0.1) is 0 Å². The third-order valence-corrected chi connectivity index (χ3v) is 4.75. The molecule has 9 heteroatoms. The maximum absolute atomic E-state index is 13.7. The lowest BCUT2D eigenvalue weighted by atomic mass is 10.1. The number of halogens is 1. The van der Waals surface area contributed by atoms with Crippen LogP contribution in [0, 0.1) is 5.82 Å². The maximum Gasteiger partial charge on any atom is 0.341 e. The zero-order valence-electron chi connectivity index (χ0n) is 14.9. The van der Waals surface area contributed by atoms with Crippen molar-refractivity contribution >= 4 is 17.4 Å². The molecule has 3 aromatic rings. The van der Waals surface area contributed by atoms with Crippen LogP contribution in [0.2, 0.25) is 0 Å². The smallest absolute Gasteiger partial charge is 0.341 e. The van der Waals surface area contributed by atoms with Crippen molar-refractivity contribution in [2.24, 2.45) is 0 Å². The zero-order chi connectivity index (χ0) is 19.2. The van der Waals surface area contributed by atoms with Gasteiger partial charge in [0.2, 0.25) is 5.88 Å². The number of rotatable bonds is 6. The lowest BCUT2D eigenvalue weighted by molar-refractivity contribution is 0.0697. The van der Waals surface area contributed by atoms with Crippen molar-refractivity contribution in [3.8, 4) is 5.88 Å². The van der Waals surface area contributed by atoms with Crippen molar-refractivity contribution < 1.29 is 19.0 Å². The number of hydrogen-bond acceptors (Lipinski definition) is 6. The van der Waals surface area contributed by atoms with Crippen LogP contribution in [0.3, 0.4) is 0 Å². The number of carboxylic acids is 1. The molecule has 0 aliphatic heterocycles. The molecule has 140 valence electrons. The van der Waals surface area contributed by atoms with E-state index >= 15 is 0 Å². The van der Waals surface area contributed by atoms with Crippen molar-refractivity contribution in [1.82, 2.24) is 19.6 Å². The number of pyridine rings is 1. The van der Waals surface area contributed by atoms with E-state index in [2.05, 4.69) is 20.4 Å². The summed E-state index contributed by atoms with van der Waals surface area (Å²) in [5.41, 5.74) is 0.917. The first-order valence-corrected chi connectivity index (χ1v) is 8.57. The monoisotopic (exact) mass is 371 g/mol. The molecule has 27 heavy (non-hydrogen) atoms. The predicted octanol–water partition coefficient (Wildman–Crippen LogP) is 2.63. The number of anilines is 1. The Bertz CT molecular complexity index is 1040. The van der Waals surface area contributed by atoms with Gasteiger partial charge in [-0.3, -0.25) is 0 Å². The van der Waals surface area contributed by atoms with Gasteiger partial charge in [0.25, 0.3) is 0 Å². The van der Waals surface area contributed by atoms with Gasteiger partial charge < -0.3 is 15.2 Å². The van der Waals surface area contributed by atoms with E-state index in [1.807, 2.05) is 6.92 Å². The average Bonchev–Trinajstić information content (AvgIpc) is 3.33. The van der Waals surface area contributed by atoms with Crippen LogP contribution in [0.4, 0.5) is 10.2 Å². The highest BCUT2D eigenvalue weighted by Gasteiger charge is 2.47. The molecule has 0 bridgehead atoms. The topological polar surface area (TPSA) is 102 Å². The third kappa shape index (κ3) is 2.84. The number of aromatic carboxylic acids is 1. The molecular weight excluding hydrogens is 353 g/mol. The van der Waals surface area contributed by atoms with Crippen molar-refractivity contribution in [1.29, 1.82) is 0 Å². The van der Waals surface area contributed by atoms with E-state index in [9.17, 15) is 14.3 Å². The van der Waals surface area contributed by atoms with Gasteiger partial charge >= 0.3 is 5.97 Å². The summed E-state index contributed by atoms with van der Waals surface area (Å²) in [6.45, 7) is 1.84. The van der Waals surface area contributed by atoms with Crippen LogP contribution >= 0.6 is 0 Å². The summed E-state index contributed by atoms with van der Waals surface area (Å²) in [5.74, 6) is -0.676. The highest BCUT2D eigenvalue weighted by atomic mass is 19.1. The van der Waals surface area contributed by atoms with E-state index in [0.29, 0.717) is 29.4 Å². The molecule has 1 saturated carbocycles. The number of aromatic nitrogens is 4. The first-order chi connectivity index (χ1) is 13.0. The van der Waals surface area contributed by atoms with Crippen LogP contribution in [-0.2, 0) is 12.0 Å². The van der Waals surface area contributed by atoms with Crippen LogP contribution in [0.25, 0.3) is 5.65 Å². The number of fused-ring (bicyclic) bond motifs is 1. The molecule has 2 N–H and O–H groups in total. The summed E-state index contributed by atoms with van der Waals surface area (Å²) < 4.78 is 20.5. The molecule has 0 unspecified atom stereocenters. The van der Waals surface area contributed by atoms with Gasteiger partial charge in [0.1, 0.15) is 17.2 Å². The summed E-state index contributed by atoms with van der Waals surface area (Å²) in [5, 5.41) is 17.1. The van der Waals surface area contributed by atoms with Gasteiger partial charge in [0.05, 0.1) is 24.5 Å². The van der Waals surface area contributed by atoms with Gasteiger partial charge in [-0.1, -0.05) is 6.92 Å². The molecule has 1 fully saturated rings. The number of carboxylic acid groups (broad SMARTS) is 1. The normalized spacial score (nSPS) is 14.9. The lowest BCUT2D eigenvalue weighted by Crippen LogP contribution is -2.21. The Labute approximate surface area is 154 Å². The van der Waals surface area contributed by atoms with E-state index in [0.717, 1.165) is 19.0 Å². The highest BCUT2D eigenvalue weighted by molar-refractivity contribution is 5.96. The second-order valence-electron chi connectivity index (χ2n) is 6.48. The van der Waals surface area contributed by atoms with Crippen molar-refractivity contribution in [3.63, 3.8) is 0 Å². The Kier molecular flexibility index (Phi) is 3.94. The molecule has 0 atom stereocenters. The van der Waals surface area contributed by atoms with Gasteiger partial charge in [0.15, 0.2) is 5.65 Å². The summed E-state index contributed by atoms with van der Waals surface area (Å²) in [4.78, 5) is 20.1. The Morgan fingerprint density at radius 1 is 1.48 bits per heavy atom. The fourth-order valence-electron chi connectivity index (χ4n) is 3.27. The molecule has 4 rings (SSSR count). The Morgan fingerprint density at radius 2 is 2.26 bits per heavy atom. The second kappa shape index (κ2) is 6.19. The standard InChI is InChI=1S/C18H18FN5O3/c1-3-12-14(17(25)26)15-21-13(4-7-24(15)23-12)22-18(5-6-18)11-8-10(19)9-20-16(11)27-2/h4,7-9H,3,5-6H2,1-2H3,(H,21,22)(H,25,26). The molecular formula is C18H18FN5O3. The molecule has 0 spiro atoms. The minimum absolute atomic E-state index is 0.0935. The number of ether oxygens (including phenoxy) is 1. The quantitative estimate of drug-likeness (QED) is 0.687. The van der Waals surface area contributed by atoms with E-state index in [1.165, 1.54) is 17.7 Å². The Hall–Kier alpha value is -3.23. The second-order valence-corrected chi connectivity index (χ2v) is 6.48. The fourth-order valence-corrected chi connectivity index (χ4v) is 3.27. The predicted molar refractivity (Wildman–Crippen MR) is 94.6 cm³/mol. The number of carbonyl (C=O) groups is 1. The van der Waals surface area contributed by atoms with E-state index < -0.39 is 17.3 Å².